The number of rotatable bonds is 9. The van der Waals surface area contributed by atoms with Crippen molar-refractivity contribution in [2.75, 3.05) is 31.6 Å². The van der Waals surface area contributed by atoms with Crippen LogP contribution in [0, 0.1) is 0 Å². The van der Waals surface area contributed by atoms with Gasteiger partial charge in [0.25, 0.3) is 5.91 Å². The van der Waals surface area contributed by atoms with Crippen molar-refractivity contribution < 1.29 is 15.0 Å². The van der Waals surface area contributed by atoms with E-state index in [2.05, 4.69) is 20.3 Å². The molecule has 8 heteroatoms. The molecule has 1 amide bonds. The number of amides is 1. The molecule has 8 nitrogen and oxygen atoms in total. The normalized spacial score (nSPS) is 11.2. The van der Waals surface area contributed by atoms with Gasteiger partial charge < -0.3 is 20.5 Å². The summed E-state index contributed by atoms with van der Waals surface area (Å²) in [5, 5.41) is 22.1. The van der Waals surface area contributed by atoms with E-state index in [-0.39, 0.29) is 19.1 Å². The number of hydrogen-bond donors (Lipinski definition) is 4. The molecule has 0 radical (unpaired) electrons. The molecule has 4 rings (SSSR count). The van der Waals surface area contributed by atoms with E-state index in [1.54, 1.807) is 30.7 Å². The van der Waals surface area contributed by atoms with E-state index in [4.69, 9.17) is 0 Å². The summed E-state index contributed by atoms with van der Waals surface area (Å²) >= 11 is 0. The van der Waals surface area contributed by atoms with Gasteiger partial charge in [-0.15, -0.1) is 0 Å². The van der Waals surface area contributed by atoms with E-state index in [1.165, 1.54) is 6.20 Å². The lowest BCUT2D eigenvalue weighted by Crippen LogP contribution is -2.29. The molecule has 0 fully saturated rings. The number of anilines is 1. The monoisotopic (exact) mass is 431 g/mol. The molecular weight excluding hydrogens is 406 g/mol. The van der Waals surface area contributed by atoms with Crippen molar-refractivity contribution >= 4 is 22.6 Å². The first-order valence-corrected chi connectivity index (χ1v) is 10.4. The lowest BCUT2D eigenvalue weighted by Gasteiger charge is -2.20. The fraction of sp³-hybridized carbons (Fsp3) is 0.208. The van der Waals surface area contributed by atoms with Crippen molar-refractivity contribution in [2.24, 2.45) is 0 Å². The van der Waals surface area contributed by atoms with Crippen LogP contribution in [0.25, 0.3) is 22.2 Å². The van der Waals surface area contributed by atoms with Gasteiger partial charge in [-0.25, -0.2) is 4.98 Å². The number of fused-ring (bicyclic) bond motifs is 1. The van der Waals surface area contributed by atoms with Gasteiger partial charge >= 0.3 is 0 Å². The van der Waals surface area contributed by atoms with Crippen molar-refractivity contribution in [3.63, 3.8) is 0 Å². The predicted molar refractivity (Wildman–Crippen MR) is 123 cm³/mol. The first-order valence-electron chi connectivity index (χ1n) is 10.4. The highest BCUT2D eigenvalue weighted by atomic mass is 16.3. The van der Waals surface area contributed by atoms with Crippen molar-refractivity contribution in [2.45, 2.75) is 6.54 Å². The number of nitrogens with zero attached hydrogens (tertiary/aromatic N) is 3. The second-order valence-corrected chi connectivity index (χ2v) is 7.44. The van der Waals surface area contributed by atoms with E-state index < -0.39 is 0 Å². The van der Waals surface area contributed by atoms with Crippen molar-refractivity contribution in [1.29, 1.82) is 0 Å². The zero-order chi connectivity index (χ0) is 22.3. The molecule has 4 aromatic rings. The maximum Gasteiger partial charge on any atom is 0.257 e. The highest BCUT2D eigenvalue weighted by Crippen LogP contribution is 2.28. The third kappa shape index (κ3) is 5.00. The number of aliphatic hydroxyl groups excluding tert-OH is 2. The minimum atomic E-state index is -0.232. The number of aromatic amines is 1. The van der Waals surface area contributed by atoms with Crippen LogP contribution < -0.4 is 5.32 Å². The minimum absolute atomic E-state index is 0.0556. The summed E-state index contributed by atoms with van der Waals surface area (Å²) in [6.07, 6.45) is 6.68. The van der Waals surface area contributed by atoms with Gasteiger partial charge in [-0.2, -0.15) is 0 Å². The quantitative estimate of drug-likeness (QED) is 0.324. The molecule has 0 unspecified atom stereocenters. The molecule has 0 spiro atoms. The number of nitrogens with one attached hydrogen (secondary N) is 2. The number of aromatic nitrogens is 3. The number of benzene rings is 1. The summed E-state index contributed by atoms with van der Waals surface area (Å²) in [4.78, 5) is 26.1. The first kappa shape index (κ1) is 21.6. The van der Waals surface area contributed by atoms with Crippen LogP contribution in [0.15, 0.2) is 67.3 Å². The van der Waals surface area contributed by atoms with Crippen molar-refractivity contribution in [3.05, 3.63) is 78.4 Å². The van der Waals surface area contributed by atoms with Crippen LogP contribution in [0.2, 0.25) is 0 Å². The smallest absolute Gasteiger partial charge is 0.257 e. The molecule has 0 aliphatic carbocycles. The van der Waals surface area contributed by atoms with Crippen LogP contribution >= 0.6 is 0 Å². The van der Waals surface area contributed by atoms with E-state index in [0.717, 1.165) is 22.1 Å². The molecule has 4 N–H and O–H groups in total. The summed E-state index contributed by atoms with van der Waals surface area (Å²) in [5.41, 5.74) is 4.86. The third-order valence-electron chi connectivity index (χ3n) is 5.23. The van der Waals surface area contributed by atoms with Crippen LogP contribution in [-0.2, 0) is 6.54 Å². The molecule has 164 valence electrons. The summed E-state index contributed by atoms with van der Waals surface area (Å²) in [6.45, 7) is 1.80. The molecule has 0 aliphatic heterocycles. The van der Waals surface area contributed by atoms with Crippen LogP contribution in [0.3, 0.4) is 0 Å². The Bertz CT molecular complexity index is 1170. The second kappa shape index (κ2) is 10.1. The average Bonchev–Trinajstić information content (AvgIpc) is 3.22. The first-order chi connectivity index (χ1) is 15.7. The molecule has 0 saturated carbocycles. The van der Waals surface area contributed by atoms with Gasteiger partial charge in [0.2, 0.25) is 0 Å². The molecule has 3 aromatic heterocycles. The third-order valence-corrected chi connectivity index (χ3v) is 5.23. The number of aliphatic hydroxyl groups is 2. The summed E-state index contributed by atoms with van der Waals surface area (Å²) in [6, 6.07) is 13.5. The Labute approximate surface area is 185 Å². The minimum Gasteiger partial charge on any atom is -0.395 e. The maximum absolute atomic E-state index is 12.5. The molecule has 0 aliphatic rings. The van der Waals surface area contributed by atoms with Gasteiger partial charge in [0.05, 0.1) is 24.5 Å². The molecule has 1 aromatic carbocycles. The lowest BCUT2D eigenvalue weighted by molar-refractivity contribution is 0.102. The van der Waals surface area contributed by atoms with E-state index in [0.29, 0.717) is 36.5 Å². The Morgan fingerprint density at radius 2 is 1.81 bits per heavy atom. The number of carbonyl (C=O) groups excluding carboxylic acids is 1. The largest absolute Gasteiger partial charge is 0.395 e. The Kier molecular flexibility index (Phi) is 6.86. The number of H-pyrrole nitrogens is 1. The van der Waals surface area contributed by atoms with Gasteiger partial charge in [-0.05, 0) is 29.3 Å². The fourth-order valence-electron chi connectivity index (χ4n) is 3.57. The highest BCUT2D eigenvalue weighted by molar-refractivity contribution is 6.08. The average molecular weight is 431 g/mol. The van der Waals surface area contributed by atoms with Gasteiger partial charge in [0, 0.05) is 55.4 Å². The van der Waals surface area contributed by atoms with Crippen LogP contribution in [-0.4, -0.2) is 62.3 Å². The van der Waals surface area contributed by atoms with Crippen molar-refractivity contribution in [3.8, 4) is 11.1 Å². The van der Waals surface area contributed by atoms with Gasteiger partial charge in [-0.3, -0.25) is 14.7 Å². The number of carbonyl (C=O) groups is 1. The summed E-state index contributed by atoms with van der Waals surface area (Å²) in [7, 11) is 0. The standard InChI is InChI=1S/C24H25N5O3/c30-10-8-29(9-11-31)16-17-3-5-18(6-4-17)20-12-21-22(15-27-23(21)26-14-20)28-24(32)19-2-1-7-25-13-19/h1-7,12-15,30-31H,8-11,16H2,(H,26,27)(H,28,32). The number of hydrogen-bond acceptors (Lipinski definition) is 6. The Hall–Kier alpha value is -3.59. The topological polar surface area (TPSA) is 114 Å². The van der Waals surface area contributed by atoms with E-state index >= 15 is 0 Å². The zero-order valence-electron chi connectivity index (χ0n) is 17.5. The molecule has 0 saturated heterocycles. The van der Waals surface area contributed by atoms with Crippen LogP contribution in [0.1, 0.15) is 15.9 Å². The van der Waals surface area contributed by atoms with Gasteiger partial charge in [0.15, 0.2) is 0 Å². The maximum atomic E-state index is 12.5. The molecule has 32 heavy (non-hydrogen) atoms. The number of pyridine rings is 2. The highest BCUT2D eigenvalue weighted by Gasteiger charge is 2.12. The van der Waals surface area contributed by atoms with Crippen molar-refractivity contribution in [1.82, 2.24) is 19.9 Å². The van der Waals surface area contributed by atoms with Crippen LogP contribution in [0.4, 0.5) is 5.69 Å². The summed E-state index contributed by atoms with van der Waals surface area (Å²) in [5.74, 6) is -0.232. The molecule has 0 bridgehead atoms. The fourth-order valence-corrected chi connectivity index (χ4v) is 3.57. The lowest BCUT2D eigenvalue weighted by atomic mass is 10.0. The SMILES string of the molecule is O=C(Nc1c[nH]c2ncc(-c3ccc(CN(CCO)CCO)cc3)cc12)c1cccnc1. The second-order valence-electron chi connectivity index (χ2n) is 7.44. The van der Waals surface area contributed by atoms with Gasteiger partial charge in [-0.1, -0.05) is 24.3 Å². The predicted octanol–water partition coefficient (Wildman–Crippen LogP) is 2.66. The molecule has 3 heterocycles. The Balaban J connectivity index is 1.53. The zero-order valence-corrected chi connectivity index (χ0v) is 17.5. The van der Waals surface area contributed by atoms with E-state index in [9.17, 15) is 15.0 Å². The van der Waals surface area contributed by atoms with E-state index in [1.807, 2.05) is 35.2 Å². The summed E-state index contributed by atoms with van der Waals surface area (Å²) < 4.78 is 0. The Morgan fingerprint density at radius 1 is 1.03 bits per heavy atom. The molecule has 0 atom stereocenters. The Morgan fingerprint density at radius 3 is 2.50 bits per heavy atom. The van der Waals surface area contributed by atoms with Crippen LogP contribution in [0.5, 0.6) is 0 Å². The van der Waals surface area contributed by atoms with Gasteiger partial charge in [0.1, 0.15) is 5.65 Å². The molecular formula is C24H25N5O3.